The molecule has 2 aliphatic carbocycles. The van der Waals surface area contributed by atoms with Crippen molar-refractivity contribution >= 4 is 21.9 Å². The summed E-state index contributed by atoms with van der Waals surface area (Å²) in [7, 11) is 0. The molecule has 206 valence electrons. The number of nitrogens with zero attached hydrogens (tertiary/aromatic N) is 2. The first-order valence-corrected chi connectivity index (χ1v) is 15.2. The Morgan fingerprint density at radius 1 is 0.488 bits per heavy atom. The van der Waals surface area contributed by atoms with Crippen molar-refractivity contribution in [1.29, 1.82) is 0 Å². The first kappa shape index (κ1) is 24.6. The Bertz CT molecular complexity index is 2280. The molecule has 7 aromatic rings. The van der Waals surface area contributed by atoms with E-state index in [9.17, 15) is 0 Å². The third-order valence-electron chi connectivity index (χ3n) is 10.2. The zero-order valence-electron chi connectivity index (χ0n) is 24.9. The number of hydrogen-bond donors (Lipinski definition) is 0. The van der Waals surface area contributed by atoms with Crippen LogP contribution in [0.5, 0.6) is 0 Å². The topological polar surface area (TPSA) is 17.8 Å². The smallest absolute Gasteiger partial charge is 0.0963 e. The lowest BCUT2D eigenvalue weighted by molar-refractivity contribution is 0.660. The Balaban J connectivity index is 1.29. The highest BCUT2D eigenvalue weighted by Crippen LogP contribution is 2.53. The first-order chi connectivity index (χ1) is 20.8. The van der Waals surface area contributed by atoms with Crippen LogP contribution in [-0.4, -0.2) is 9.55 Å². The molecule has 43 heavy (non-hydrogen) atoms. The van der Waals surface area contributed by atoms with Crippen molar-refractivity contribution in [3.63, 3.8) is 0 Å². The summed E-state index contributed by atoms with van der Waals surface area (Å²) in [5.41, 5.74) is 17.8. The summed E-state index contributed by atoms with van der Waals surface area (Å²) in [4.78, 5) is 4.94. The van der Waals surface area contributed by atoms with E-state index >= 15 is 0 Å². The molecule has 2 aliphatic rings. The minimum Gasteiger partial charge on any atom is -0.308 e. The van der Waals surface area contributed by atoms with Crippen LogP contribution in [0.25, 0.3) is 61.0 Å². The Morgan fingerprint density at radius 2 is 1.16 bits per heavy atom. The monoisotopic (exact) mass is 552 g/mol. The van der Waals surface area contributed by atoms with Gasteiger partial charge in [-0.05, 0) is 98.1 Å². The number of rotatable bonds is 2. The Morgan fingerprint density at radius 3 is 2.02 bits per heavy atom. The number of pyridine rings is 1. The zero-order valence-corrected chi connectivity index (χ0v) is 24.9. The predicted octanol–water partition coefficient (Wildman–Crippen LogP) is 10.5. The molecule has 2 heteroatoms. The molecule has 0 fully saturated rings. The van der Waals surface area contributed by atoms with E-state index < -0.39 is 0 Å². The summed E-state index contributed by atoms with van der Waals surface area (Å²) < 4.78 is 2.43. The lowest BCUT2D eigenvalue weighted by Crippen LogP contribution is -2.15. The van der Waals surface area contributed by atoms with Crippen LogP contribution in [0.1, 0.15) is 49.9 Å². The van der Waals surface area contributed by atoms with Crippen LogP contribution in [0, 0.1) is 0 Å². The molecule has 9 rings (SSSR count). The van der Waals surface area contributed by atoms with Crippen molar-refractivity contribution in [1.82, 2.24) is 9.55 Å². The average Bonchev–Trinajstić information content (AvgIpc) is 3.57. The van der Waals surface area contributed by atoms with Gasteiger partial charge in [0.2, 0.25) is 0 Å². The maximum absolute atomic E-state index is 4.94. The summed E-state index contributed by atoms with van der Waals surface area (Å²) in [5, 5.41) is 1.21. The van der Waals surface area contributed by atoms with Crippen LogP contribution >= 0.6 is 0 Å². The van der Waals surface area contributed by atoms with Gasteiger partial charge in [-0.3, -0.25) is 4.98 Å². The first-order valence-electron chi connectivity index (χ1n) is 15.2. The fourth-order valence-corrected chi connectivity index (χ4v) is 7.98. The Labute approximate surface area is 252 Å². The molecule has 0 spiro atoms. The predicted molar refractivity (Wildman–Crippen MR) is 179 cm³/mol. The van der Waals surface area contributed by atoms with Crippen molar-refractivity contribution in [2.75, 3.05) is 0 Å². The number of hydrogen-bond acceptors (Lipinski definition) is 1. The van der Waals surface area contributed by atoms with E-state index in [-0.39, 0.29) is 10.8 Å². The Hall–Kier alpha value is -4.95. The molecule has 0 amide bonds. The summed E-state index contributed by atoms with van der Waals surface area (Å²) in [5.74, 6) is 0. The van der Waals surface area contributed by atoms with Crippen molar-refractivity contribution in [2.45, 2.75) is 38.5 Å². The second-order valence-corrected chi connectivity index (χ2v) is 13.3. The number of aromatic nitrogens is 2. The van der Waals surface area contributed by atoms with Crippen LogP contribution < -0.4 is 0 Å². The SMILES string of the molecule is CC1(C)c2ccccc2-c2ccc(-n3c4cc5c(cc4c4ncccc43)C(C)(C)c3cc(-c4ccccc4)ccc3-5)cc21. The van der Waals surface area contributed by atoms with Crippen molar-refractivity contribution in [2.24, 2.45) is 0 Å². The van der Waals surface area contributed by atoms with Crippen LogP contribution in [0.15, 0.2) is 121 Å². The maximum Gasteiger partial charge on any atom is 0.0963 e. The molecule has 0 saturated heterocycles. The lowest BCUT2D eigenvalue weighted by atomic mass is 9.81. The third kappa shape index (κ3) is 3.21. The summed E-state index contributed by atoms with van der Waals surface area (Å²) in [6.07, 6.45) is 1.92. The van der Waals surface area contributed by atoms with Gasteiger partial charge in [-0.1, -0.05) is 100 Å². The van der Waals surface area contributed by atoms with E-state index in [1.165, 1.54) is 72.2 Å². The van der Waals surface area contributed by atoms with E-state index in [2.05, 4.69) is 148 Å². The zero-order chi connectivity index (χ0) is 29.1. The summed E-state index contributed by atoms with van der Waals surface area (Å²) in [6, 6.07) is 42.7. The molecule has 2 heterocycles. The summed E-state index contributed by atoms with van der Waals surface area (Å²) in [6.45, 7) is 9.44. The van der Waals surface area contributed by atoms with Gasteiger partial charge in [-0.25, -0.2) is 0 Å². The molecule has 0 bridgehead atoms. The molecular weight excluding hydrogens is 520 g/mol. The summed E-state index contributed by atoms with van der Waals surface area (Å²) >= 11 is 0. The van der Waals surface area contributed by atoms with E-state index in [0.717, 1.165) is 11.0 Å². The van der Waals surface area contributed by atoms with Gasteiger partial charge < -0.3 is 4.57 Å². The quantitative estimate of drug-likeness (QED) is 0.209. The molecule has 0 atom stereocenters. The molecule has 0 radical (unpaired) electrons. The second-order valence-electron chi connectivity index (χ2n) is 13.3. The van der Waals surface area contributed by atoms with E-state index in [4.69, 9.17) is 4.98 Å². The molecule has 0 N–H and O–H groups in total. The van der Waals surface area contributed by atoms with Crippen molar-refractivity contribution in [3.05, 3.63) is 144 Å². The van der Waals surface area contributed by atoms with Gasteiger partial charge in [0.15, 0.2) is 0 Å². The minimum absolute atomic E-state index is 0.0559. The number of fused-ring (bicyclic) bond motifs is 9. The normalized spacial score (nSPS) is 15.3. The van der Waals surface area contributed by atoms with Crippen molar-refractivity contribution < 1.29 is 0 Å². The molecule has 5 aromatic carbocycles. The van der Waals surface area contributed by atoms with Gasteiger partial charge in [-0.15, -0.1) is 0 Å². The van der Waals surface area contributed by atoms with Crippen molar-refractivity contribution in [3.8, 4) is 39.1 Å². The van der Waals surface area contributed by atoms with Gasteiger partial charge in [0.1, 0.15) is 0 Å². The average molecular weight is 553 g/mol. The van der Waals surface area contributed by atoms with E-state index in [1.807, 2.05) is 6.20 Å². The highest BCUT2D eigenvalue weighted by molar-refractivity contribution is 6.09. The highest BCUT2D eigenvalue weighted by atomic mass is 15.0. The third-order valence-corrected chi connectivity index (χ3v) is 10.2. The largest absolute Gasteiger partial charge is 0.308 e. The van der Waals surface area contributed by atoms with Crippen LogP contribution in [0.3, 0.4) is 0 Å². The lowest BCUT2D eigenvalue weighted by Gasteiger charge is -2.22. The van der Waals surface area contributed by atoms with Gasteiger partial charge in [0.05, 0.1) is 16.6 Å². The maximum atomic E-state index is 4.94. The Kier molecular flexibility index (Phi) is 4.77. The second kappa shape index (κ2) is 8.33. The number of benzene rings is 5. The van der Waals surface area contributed by atoms with Gasteiger partial charge in [-0.2, -0.15) is 0 Å². The van der Waals surface area contributed by atoms with E-state index in [0.29, 0.717) is 0 Å². The fourth-order valence-electron chi connectivity index (χ4n) is 7.98. The van der Waals surface area contributed by atoms with Crippen LogP contribution in [0.4, 0.5) is 0 Å². The van der Waals surface area contributed by atoms with Crippen LogP contribution in [0.2, 0.25) is 0 Å². The standard InChI is InChI=1S/C41H32N2/c1-40(2)33-14-9-8-13-28(33)29-19-17-27(22-35(29)40)43-37-15-10-20-42-39(37)32-23-36-31(24-38(32)43)30-18-16-26(21-34(30)41(36,3)4)25-11-6-5-7-12-25/h5-24H,1-4H3. The molecule has 2 nitrogen and oxygen atoms in total. The van der Waals surface area contributed by atoms with Gasteiger partial charge >= 0.3 is 0 Å². The molecular formula is C41H32N2. The fraction of sp³-hybridized carbons (Fsp3) is 0.146. The molecule has 0 saturated carbocycles. The highest BCUT2D eigenvalue weighted by Gasteiger charge is 2.38. The van der Waals surface area contributed by atoms with Crippen LogP contribution in [-0.2, 0) is 10.8 Å². The van der Waals surface area contributed by atoms with Gasteiger partial charge in [0, 0.05) is 28.1 Å². The minimum atomic E-state index is -0.115. The molecule has 0 unspecified atom stereocenters. The van der Waals surface area contributed by atoms with Gasteiger partial charge in [0.25, 0.3) is 0 Å². The molecule has 0 aliphatic heterocycles. The molecule has 2 aromatic heterocycles. The van der Waals surface area contributed by atoms with E-state index in [1.54, 1.807) is 0 Å².